The van der Waals surface area contributed by atoms with Gasteiger partial charge in [0.05, 0.1) is 6.10 Å². The van der Waals surface area contributed by atoms with Gasteiger partial charge in [-0.25, -0.2) is 0 Å². The first-order valence-electron chi connectivity index (χ1n) is 8.12. The van der Waals surface area contributed by atoms with Crippen LogP contribution < -0.4 is 0 Å². The van der Waals surface area contributed by atoms with Gasteiger partial charge in [-0.05, 0) is 49.7 Å². The van der Waals surface area contributed by atoms with Crippen LogP contribution in [-0.2, 0) is 11.2 Å². The lowest BCUT2D eigenvalue weighted by atomic mass is 9.90. The molecule has 1 N–H and O–H groups in total. The van der Waals surface area contributed by atoms with E-state index in [0.29, 0.717) is 12.3 Å². The van der Waals surface area contributed by atoms with Crippen molar-refractivity contribution in [2.45, 2.75) is 52.1 Å². The summed E-state index contributed by atoms with van der Waals surface area (Å²) in [5, 5.41) is 9.89. The van der Waals surface area contributed by atoms with Gasteiger partial charge in [-0.15, -0.1) is 0 Å². The molecule has 2 rings (SSSR count). The monoisotopic (exact) mass is 289 g/mol. The maximum absolute atomic E-state index is 12.3. The number of nitrogens with zero attached hydrogens (tertiary/aromatic N) is 1. The molecule has 1 aromatic carbocycles. The molecule has 3 nitrogen and oxygen atoms in total. The first-order chi connectivity index (χ1) is 10.1. The van der Waals surface area contributed by atoms with Crippen molar-refractivity contribution in [1.82, 2.24) is 4.90 Å². The van der Waals surface area contributed by atoms with Gasteiger partial charge in [0.15, 0.2) is 0 Å². The largest absolute Gasteiger partial charge is 0.393 e. The van der Waals surface area contributed by atoms with Gasteiger partial charge in [-0.1, -0.05) is 31.2 Å². The molecular formula is C18H27NO2. The fraction of sp³-hybridized carbons (Fsp3) is 0.611. The van der Waals surface area contributed by atoms with Crippen LogP contribution in [0.4, 0.5) is 0 Å². The molecule has 1 heterocycles. The van der Waals surface area contributed by atoms with E-state index in [0.717, 1.165) is 38.8 Å². The van der Waals surface area contributed by atoms with Crippen molar-refractivity contribution in [2.75, 3.05) is 13.1 Å². The summed E-state index contributed by atoms with van der Waals surface area (Å²) in [5.41, 5.74) is 2.53. The van der Waals surface area contributed by atoms with E-state index in [1.54, 1.807) is 0 Å². The van der Waals surface area contributed by atoms with E-state index in [2.05, 4.69) is 19.1 Å². The molecule has 1 aromatic rings. The first kappa shape index (κ1) is 16.0. The summed E-state index contributed by atoms with van der Waals surface area (Å²) >= 11 is 0. The number of piperidine rings is 1. The van der Waals surface area contributed by atoms with Crippen molar-refractivity contribution < 1.29 is 9.90 Å². The molecule has 0 radical (unpaired) electrons. The Bertz CT molecular complexity index is 464. The second kappa shape index (κ2) is 7.60. The number of carbonyl (C=O) groups excluding carboxylic acids is 1. The molecule has 0 saturated carbocycles. The van der Waals surface area contributed by atoms with E-state index in [-0.39, 0.29) is 12.0 Å². The zero-order valence-corrected chi connectivity index (χ0v) is 13.2. The third-order valence-corrected chi connectivity index (χ3v) is 4.72. The Morgan fingerprint density at radius 3 is 2.62 bits per heavy atom. The number of benzene rings is 1. The van der Waals surface area contributed by atoms with Crippen LogP contribution in [0.25, 0.3) is 0 Å². The number of aliphatic hydroxyl groups excluding tert-OH is 1. The highest BCUT2D eigenvalue weighted by molar-refractivity contribution is 5.76. The Kier molecular flexibility index (Phi) is 5.80. The molecule has 0 aliphatic carbocycles. The fourth-order valence-corrected chi connectivity index (χ4v) is 3.16. The normalized spacial score (nSPS) is 17.8. The highest BCUT2D eigenvalue weighted by Gasteiger charge is 2.26. The Hall–Kier alpha value is -1.35. The molecule has 0 spiro atoms. The third-order valence-electron chi connectivity index (χ3n) is 4.72. The van der Waals surface area contributed by atoms with Gasteiger partial charge in [0.25, 0.3) is 0 Å². The number of rotatable bonds is 5. The van der Waals surface area contributed by atoms with Crippen LogP contribution in [-0.4, -0.2) is 35.1 Å². The minimum Gasteiger partial charge on any atom is -0.393 e. The molecule has 0 bridgehead atoms. The van der Waals surface area contributed by atoms with Crippen LogP contribution in [0.1, 0.15) is 43.7 Å². The summed E-state index contributed by atoms with van der Waals surface area (Å²) in [5.74, 6) is 0.623. The van der Waals surface area contributed by atoms with Crippen molar-refractivity contribution in [3.8, 4) is 0 Å². The Labute approximate surface area is 128 Å². The van der Waals surface area contributed by atoms with E-state index >= 15 is 0 Å². The van der Waals surface area contributed by atoms with Crippen molar-refractivity contribution in [3.05, 3.63) is 35.4 Å². The molecule has 1 saturated heterocycles. The van der Waals surface area contributed by atoms with Crippen LogP contribution in [0, 0.1) is 12.8 Å². The topological polar surface area (TPSA) is 40.5 Å². The summed E-state index contributed by atoms with van der Waals surface area (Å²) in [6.07, 6.45) is 3.89. The number of likely N-dealkylation sites (tertiary alicyclic amines) is 1. The lowest BCUT2D eigenvalue weighted by Crippen LogP contribution is -2.41. The summed E-state index contributed by atoms with van der Waals surface area (Å²) in [7, 11) is 0. The summed E-state index contributed by atoms with van der Waals surface area (Å²) in [6, 6.07) is 8.26. The van der Waals surface area contributed by atoms with E-state index in [1.165, 1.54) is 11.1 Å². The zero-order chi connectivity index (χ0) is 15.2. The van der Waals surface area contributed by atoms with Gasteiger partial charge in [-0.3, -0.25) is 4.79 Å². The Balaban J connectivity index is 1.79. The SMILES string of the molecule is CCC(O)C1CCN(C(=O)CCc2ccccc2C)CC1. The molecule has 1 fully saturated rings. The predicted octanol–water partition coefficient (Wildman–Crippen LogP) is 2.94. The molecular weight excluding hydrogens is 262 g/mol. The van der Waals surface area contributed by atoms with E-state index in [9.17, 15) is 9.90 Å². The number of carbonyl (C=O) groups is 1. The van der Waals surface area contributed by atoms with Crippen molar-refractivity contribution in [3.63, 3.8) is 0 Å². The van der Waals surface area contributed by atoms with Crippen LogP contribution in [0.3, 0.4) is 0 Å². The van der Waals surface area contributed by atoms with Gasteiger partial charge < -0.3 is 10.0 Å². The van der Waals surface area contributed by atoms with Crippen LogP contribution in [0.2, 0.25) is 0 Å². The van der Waals surface area contributed by atoms with Gasteiger partial charge in [0.1, 0.15) is 0 Å². The third kappa shape index (κ3) is 4.31. The predicted molar refractivity (Wildman–Crippen MR) is 85.1 cm³/mol. The van der Waals surface area contributed by atoms with E-state index in [4.69, 9.17) is 0 Å². The van der Waals surface area contributed by atoms with Gasteiger partial charge in [0.2, 0.25) is 5.91 Å². The summed E-state index contributed by atoms with van der Waals surface area (Å²) < 4.78 is 0. The molecule has 1 atom stereocenters. The van der Waals surface area contributed by atoms with Crippen LogP contribution in [0.15, 0.2) is 24.3 Å². The van der Waals surface area contributed by atoms with Crippen molar-refractivity contribution in [2.24, 2.45) is 5.92 Å². The molecule has 1 amide bonds. The highest BCUT2D eigenvalue weighted by Crippen LogP contribution is 2.23. The number of aliphatic hydroxyl groups is 1. The number of hydrogen-bond acceptors (Lipinski definition) is 2. The van der Waals surface area contributed by atoms with E-state index < -0.39 is 0 Å². The minimum absolute atomic E-state index is 0.200. The zero-order valence-electron chi connectivity index (χ0n) is 13.2. The Morgan fingerprint density at radius 2 is 2.00 bits per heavy atom. The molecule has 116 valence electrons. The molecule has 3 heteroatoms. The van der Waals surface area contributed by atoms with Gasteiger partial charge in [0, 0.05) is 19.5 Å². The second-order valence-corrected chi connectivity index (χ2v) is 6.12. The standard InChI is InChI=1S/C18H27NO2/c1-3-17(20)16-10-12-19(13-11-16)18(21)9-8-15-7-5-4-6-14(15)2/h4-7,16-17,20H,3,8-13H2,1-2H3. The highest BCUT2D eigenvalue weighted by atomic mass is 16.3. The Morgan fingerprint density at radius 1 is 1.33 bits per heavy atom. The number of amides is 1. The number of hydrogen-bond donors (Lipinski definition) is 1. The van der Waals surface area contributed by atoms with Crippen molar-refractivity contribution in [1.29, 1.82) is 0 Å². The fourth-order valence-electron chi connectivity index (χ4n) is 3.16. The van der Waals surface area contributed by atoms with Crippen molar-refractivity contribution >= 4 is 5.91 Å². The second-order valence-electron chi connectivity index (χ2n) is 6.12. The molecule has 0 aromatic heterocycles. The maximum atomic E-state index is 12.3. The lowest BCUT2D eigenvalue weighted by Gasteiger charge is -2.34. The van der Waals surface area contributed by atoms with Gasteiger partial charge >= 0.3 is 0 Å². The number of aryl methyl sites for hydroxylation is 2. The summed E-state index contributed by atoms with van der Waals surface area (Å²) in [4.78, 5) is 14.3. The average molecular weight is 289 g/mol. The quantitative estimate of drug-likeness (QED) is 0.905. The minimum atomic E-state index is -0.200. The molecule has 1 unspecified atom stereocenters. The molecule has 1 aliphatic heterocycles. The summed E-state index contributed by atoms with van der Waals surface area (Å²) in [6.45, 7) is 5.71. The average Bonchev–Trinajstić information content (AvgIpc) is 2.53. The molecule has 1 aliphatic rings. The first-order valence-corrected chi connectivity index (χ1v) is 8.12. The smallest absolute Gasteiger partial charge is 0.222 e. The van der Waals surface area contributed by atoms with Crippen LogP contribution >= 0.6 is 0 Å². The van der Waals surface area contributed by atoms with E-state index in [1.807, 2.05) is 24.0 Å². The lowest BCUT2D eigenvalue weighted by molar-refractivity contribution is -0.133. The molecule has 21 heavy (non-hydrogen) atoms. The van der Waals surface area contributed by atoms with Gasteiger partial charge in [-0.2, -0.15) is 0 Å². The van der Waals surface area contributed by atoms with Crippen LogP contribution in [0.5, 0.6) is 0 Å². The maximum Gasteiger partial charge on any atom is 0.222 e.